The molecule has 0 aliphatic carbocycles. The molecule has 2 rings (SSSR count). The van der Waals surface area contributed by atoms with Gasteiger partial charge in [-0.25, -0.2) is 4.79 Å². The van der Waals surface area contributed by atoms with Crippen molar-refractivity contribution in [1.82, 2.24) is 10.6 Å². The Morgan fingerprint density at radius 3 is 2.14 bits per heavy atom. The molecule has 0 unspecified atom stereocenters. The average molecular weight is 290 g/mol. The van der Waals surface area contributed by atoms with Gasteiger partial charge in [-0.1, -0.05) is 30.3 Å². The second-order valence-corrected chi connectivity index (χ2v) is 4.76. The maximum absolute atomic E-state index is 12.3. The van der Waals surface area contributed by atoms with Crippen LogP contribution in [-0.2, 0) is 19.8 Å². The van der Waals surface area contributed by atoms with E-state index in [0.29, 0.717) is 5.56 Å². The van der Waals surface area contributed by atoms with Crippen molar-refractivity contribution < 1.29 is 24.3 Å². The highest BCUT2D eigenvalue weighted by Crippen LogP contribution is 2.32. The molecule has 1 aromatic rings. The molecule has 0 atom stereocenters. The summed E-state index contributed by atoms with van der Waals surface area (Å²) in [5.74, 6) is -2.47. The molecule has 0 bridgehead atoms. The van der Waals surface area contributed by atoms with Crippen molar-refractivity contribution in [2.45, 2.75) is 24.7 Å². The molecular weight excluding hydrogens is 276 g/mol. The predicted octanol–water partition coefficient (Wildman–Crippen LogP) is 0.545. The van der Waals surface area contributed by atoms with Gasteiger partial charge in [0.05, 0.1) is 0 Å². The largest absolute Gasteiger partial charge is 0.481 e. The second-order valence-electron chi connectivity index (χ2n) is 4.76. The molecule has 0 radical (unpaired) electrons. The van der Waals surface area contributed by atoms with Gasteiger partial charge in [-0.15, -0.1) is 0 Å². The van der Waals surface area contributed by atoms with E-state index in [2.05, 4.69) is 10.6 Å². The number of urea groups is 1. The van der Waals surface area contributed by atoms with E-state index in [9.17, 15) is 19.2 Å². The van der Waals surface area contributed by atoms with Crippen LogP contribution in [0.1, 0.15) is 24.8 Å². The summed E-state index contributed by atoms with van der Waals surface area (Å²) in [4.78, 5) is 46.4. The predicted molar refractivity (Wildman–Crippen MR) is 71.3 cm³/mol. The molecule has 7 heteroatoms. The van der Waals surface area contributed by atoms with Gasteiger partial charge in [-0.2, -0.15) is 0 Å². The third kappa shape index (κ3) is 2.76. The first-order chi connectivity index (χ1) is 9.96. The number of carboxylic acids is 1. The van der Waals surface area contributed by atoms with Gasteiger partial charge in [-0.05, 0) is 18.4 Å². The lowest BCUT2D eigenvalue weighted by Gasteiger charge is -2.34. The third-order valence-electron chi connectivity index (χ3n) is 3.44. The molecule has 7 nitrogen and oxygen atoms in total. The molecule has 4 amide bonds. The molecule has 1 aliphatic heterocycles. The van der Waals surface area contributed by atoms with E-state index >= 15 is 0 Å². The summed E-state index contributed by atoms with van der Waals surface area (Å²) in [6.07, 6.45) is -0.0173. The van der Waals surface area contributed by atoms with E-state index in [1.807, 2.05) is 0 Å². The Labute approximate surface area is 120 Å². The van der Waals surface area contributed by atoms with Crippen LogP contribution >= 0.6 is 0 Å². The Bertz CT molecular complexity index is 577. The fourth-order valence-electron chi connectivity index (χ4n) is 2.42. The van der Waals surface area contributed by atoms with E-state index < -0.39 is 29.2 Å². The highest BCUT2D eigenvalue weighted by atomic mass is 16.4. The topological polar surface area (TPSA) is 113 Å². The standard InChI is InChI=1S/C14H14N2O5/c17-10(18)7-4-8-14(9-5-2-1-3-6-9)11(19)15-13(21)16-12(14)20/h1-3,5-6H,4,7-8H2,(H,17,18)(H2,15,16,19,20,21). The number of carboxylic acid groups (broad SMARTS) is 1. The monoisotopic (exact) mass is 290 g/mol. The lowest BCUT2D eigenvalue weighted by Crippen LogP contribution is -2.64. The molecule has 0 saturated carbocycles. The van der Waals surface area contributed by atoms with Gasteiger partial charge >= 0.3 is 12.0 Å². The van der Waals surface area contributed by atoms with Gasteiger partial charge in [-0.3, -0.25) is 25.0 Å². The SMILES string of the molecule is O=C(O)CCCC1(c2ccccc2)C(=O)NC(=O)NC1=O. The smallest absolute Gasteiger partial charge is 0.328 e. The first-order valence-corrected chi connectivity index (χ1v) is 6.41. The highest BCUT2D eigenvalue weighted by molar-refractivity contribution is 6.22. The molecule has 1 fully saturated rings. The molecule has 1 heterocycles. The molecule has 1 aliphatic rings. The van der Waals surface area contributed by atoms with Crippen LogP contribution in [0.15, 0.2) is 30.3 Å². The summed E-state index contributed by atoms with van der Waals surface area (Å²) in [5.41, 5.74) is -1.15. The molecule has 1 aromatic carbocycles. The average Bonchev–Trinajstić information content (AvgIpc) is 2.42. The number of amides is 4. The Morgan fingerprint density at radius 1 is 1.05 bits per heavy atom. The van der Waals surface area contributed by atoms with E-state index in [1.54, 1.807) is 30.3 Å². The van der Waals surface area contributed by atoms with Crippen LogP contribution in [0.5, 0.6) is 0 Å². The maximum atomic E-state index is 12.3. The lowest BCUT2D eigenvalue weighted by molar-refractivity contribution is -0.141. The van der Waals surface area contributed by atoms with Gasteiger partial charge in [0.1, 0.15) is 0 Å². The van der Waals surface area contributed by atoms with E-state index in [-0.39, 0.29) is 19.3 Å². The van der Waals surface area contributed by atoms with Crippen molar-refractivity contribution in [3.05, 3.63) is 35.9 Å². The van der Waals surface area contributed by atoms with E-state index in [4.69, 9.17) is 5.11 Å². The minimum absolute atomic E-state index is 0.00819. The maximum Gasteiger partial charge on any atom is 0.328 e. The quantitative estimate of drug-likeness (QED) is 0.685. The number of nitrogens with one attached hydrogen (secondary N) is 2. The number of carbonyl (C=O) groups excluding carboxylic acids is 3. The first-order valence-electron chi connectivity index (χ1n) is 6.41. The van der Waals surface area contributed by atoms with Gasteiger partial charge in [0.15, 0.2) is 5.41 Å². The zero-order valence-corrected chi connectivity index (χ0v) is 11.1. The molecule has 110 valence electrons. The molecule has 21 heavy (non-hydrogen) atoms. The second kappa shape index (κ2) is 5.74. The summed E-state index contributed by atoms with van der Waals surface area (Å²) in [7, 11) is 0. The van der Waals surface area contributed by atoms with Crippen LogP contribution in [-0.4, -0.2) is 28.9 Å². The first kappa shape index (κ1) is 14.7. The van der Waals surface area contributed by atoms with Crippen LogP contribution in [0.25, 0.3) is 0 Å². The number of barbiturate groups is 1. The van der Waals surface area contributed by atoms with Crippen LogP contribution in [0.3, 0.4) is 0 Å². The lowest BCUT2D eigenvalue weighted by atomic mass is 9.73. The van der Waals surface area contributed by atoms with E-state index in [1.165, 1.54) is 0 Å². The Morgan fingerprint density at radius 2 is 1.62 bits per heavy atom. The van der Waals surface area contributed by atoms with Crippen molar-refractivity contribution in [3.63, 3.8) is 0 Å². The zero-order valence-electron chi connectivity index (χ0n) is 11.1. The summed E-state index contributed by atoms with van der Waals surface area (Å²) in [5, 5.41) is 12.9. The fourth-order valence-corrected chi connectivity index (χ4v) is 2.42. The number of imide groups is 2. The number of hydrogen-bond acceptors (Lipinski definition) is 4. The summed E-state index contributed by atoms with van der Waals surface area (Å²) >= 11 is 0. The number of benzene rings is 1. The molecule has 1 saturated heterocycles. The van der Waals surface area contributed by atoms with Gasteiger partial charge < -0.3 is 5.11 Å². The number of carbonyl (C=O) groups is 4. The van der Waals surface area contributed by atoms with Crippen molar-refractivity contribution in [2.75, 3.05) is 0 Å². The van der Waals surface area contributed by atoms with Crippen molar-refractivity contribution in [1.29, 1.82) is 0 Å². The minimum atomic E-state index is -1.58. The molecule has 3 N–H and O–H groups in total. The van der Waals surface area contributed by atoms with Crippen LogP contribution < -0.4 is 10.6 Å². The number of rotatable bonds is 5. The van der Waals surface area contributed by atoms with Crippen LogP contribution in [0, 0.1) is 0 Å². The summed E-state index contributed by atoms with van der Waals surface area (Å²) < 4.78 is 0. The Kier molecular flexibility index (Phi) is 4.02. The third-order valence-corrected chi connectivity index (χ3v) is 3.44. The molecule has 0 aromatic heterocycles. The normalized spacial score (nSPS) is 17.0. The summed E-state index contributed by atoms with van der Waals surface area (Å²) in [6, 6.07) is 7.43. The van der Waals surface area contributed by atoms with E-state index in [0.717, 1.165) is 0 Å². The van der Waals surface area contributed by atoms with Crippen molar-refractivity contribution in [3.8, 4) is 0 Å². The Balaban J connectivity index is 2.38. The van der Waals surface area contributed by atoms with Gasteiger partial charge in [0.2, 0.25) is 11.8 Å². The summed E-state index contributed by atoms with van der Waals surface area (Å²) in [6.45, 7) is 0. The van der Waals surface area contributed by atoms with Crippen molar-refractivity contribution in [2.24, 2.45) is 0 Å². The molecular formula is C14H14N2O5. The molecule has 0 spiro atoms. The van der Waals surface area contributed by atoms with Gasteiger partial charge in [0, 0.05) is 6.42 Å². The zero-order chi connectivity index (χ0) is 15.5. The van der Waals surface area contributed by atoms with Gasteiger partial charge in [0.25, 0.3) is 0 Å². The van der Waals surface area contributed by atoms with Crippen molar-refractivity contribution >= 4 is 23.8 Å². The fraction of sp³-hybridized carbons (Fsp3) is 0.286. The Hall–Kier alpha value is -2.70. The highest BCUT2D eigenvalue weighted by Gasteiger charge is 2.51. The van der Waals surface area contributed by atoms with Crippen LogP contribution in [0.2, 0.25) is 0 Å². The van der Waals surface area contributed by atoms with Crippen LogP contribution in [0.4, 0.5) is 4.79 Å². The minimum Gasteiger partial charge on any atom is -0.481 e. The number of hydrogen-bond donors (Lipinski definition) is 3. The number of aliphatic carboxylic acids is 1.